The standard InChI is InChI=1S/C21H23NO5/c1-13(20(23)22-16-11-10-14-6-4-7-15(14)12-16)27-21(24)19-17(25-2)8-5-9-18(19)26-3/h5,8-13H,4,6-7H2,1-3H3,(H,22,23)/t13-/m1/s1. The van der Waals surface area contributed by atoms with Gasteiger partial charge < -0.3 is 19.5 Å². The molecule has 6 heteroatoms. The van der Waals surface area contributed by atoms with Crippen LogP contribution in [0.4, 0.5) is 5.69 Å². The summed E-state index contributed by atoms with van der Waals surface area (Å²) in [7, 11) is 2.91. The quantitative estimate of drug-likeness (QED) is 0.790. The zero-order valence-corrected chi connectivity index (χ0v) is 15.7. The third-order valence-corrected chi connectivity index (χ3v) is 4.65. The summed E-state index contributed by atoms with van der Waals surface area (Å²) in [6.45, 7) is 1.53. The lowest BCUT2D eigenvalue weighted by molar-refractivity contribution is -0.123. The van der Waals surface area contributed by atoms with Gasteiger partial charge in [0.05, 0.1) is 14.2 Å². The molecule has 2 aromatic carbocycles. The van der Waals surface area contributed by atoms with Gasteiger partial charge in [0, 0.05) is 5.69 Å². The highest BCUT2D eigenvalue weighted by Gasteiger charge is 2.25. The number of aryl methyl sites for hydroxylation is 2. The van der Waals surface area contributed by atoms with Crippen molar-refractivity contribution in [3.63, 3.8) is 0 Å². The molecule has 1 N–H and O–H groups in total. The van der Waals surface area contributed by atoms with Gasteiger partial charge in [-0.25, -0.2) is 4.79 Å². The third-order valence-electron chi connectivity index (χ3n) is 4.65. The molecule has 0 bridgehead atoms. The predicted molar refractivity (Wildman–Crippen MR) is 102 cm³/mol. The number of esters is 1. The molecule has 0 aromatic heterocycles. The normalized spacial score (nSPS) is 13.4. The molecule has 0 spiro atoms. The maximum absolute atomic E-state index is 12.6. The van der Waals surface area contributed by atoms with Crippen LogP contribution >= 0.6 is 0 Å². The van der Waals surface area contributed by atoms with Crippen LogP contribution in [0.3, 0.4) is 0 Å². The summed E-state index contributed by atoms with van der Waals surface area (Å²) >= 11 is 0. The summed E-state index contributed by atoms with van der Waals surface area (Å²) in [5.41, 5.74) is 3.45. The minimum Gasteiger partial charge on any atom is -0.496 e. The van der Waals surface area contributed by atoms with Gasteiger partial charge in [0.1, 0.15) is 17.1 Å². The first-order valence-electron chi connectivity index (χ1n) is 8.88. The molecule has 0 aliphatic heterocycles. The van der Waals surface area contributed by atoms with Crippen LogP contribution in [0.2, 0.25) is 0 Å². The highest BCUT2D eigenvalue weighted by molar-refractivity contribution is 5.99. The van der Waals surface area contributed by atoms with Crippen molar-refractivity contribution < 1.29 is 23.8 Å². The SMILES string of the molecule is COc1cccc(OC)c1C(=O)O[C@H](C)C(=O)Nc1ccc2c(c1)CCC2. The van der Waals surface area contributed by atoms with E-state index in [1.807, 2.05) is 18.2 Å². The molecule has 0 unspecified atom stereocenters. The molecule has 1 aliphatic rings. The van der Waals surface area contributed by atoms with Crippen LogP contribution in [0.1, 0.15) is 34.8 Å². The van der Waals surface area contributed by atoms with E-state index in [0.29, 0.717) is 17.2 Å². The van der Waals surface area contributed by atoms with Crippen LogP contribution in [0.15, 0.2) is 36.4 Å². The molecule has 6 nitrogen and oxygen atoms in total. The molecule has 1 amide bonds. The lowest BCUT2D eigenvalue weighted by Gasteiger charge is -2.16. The van der Waals surface area contributed by atoms with Crippen LogP contribution in [0.25, 0.3) is 0 Å². The number of fused-ring (bicyclic) bond motifs is 1. The smallest absolute Gasteiger partial charge is 0.346 e. The van der Waals surface area contributed by atoms with Gasteiger partial charge in [-0.2, -0.15) is 0 Å². The molecule has 1 atom stereocenters. The van der Waals surface area contributed by atoms with Gasteiger partial charge in [-0.05, 0) is 61.6 Å². The molecular formula is C21H23NO5. The maximum Gasteiger partial charge on any atom is 0.346 e. The van der Waals surface area contributed by atoms with Crippen molar-refractivity contribution in [1.29, 1.82) is 0 Å². The Morgan fingerprint density at radius 2 is 1.67 bits per heavy atom. The number of anilines is 1. The maximum atomic E-state index is 12.6. The van der Waals surface area contributed by atoms with Crippen LogP contribution in [0.5, 0.6) is 11.5 Å². The Labute approximate surface area is 158 Å². The van der Waals surface area contributed by atoms with Crippen molar-refractivity contribution >= 4 is 17.6 Å². The molecule has 1 aliphatic carbocycles. The number of carbonyl (C=O) groups excluding carboxylic acids is 2. The number of carbonyl (C=O) groups is 2. The lowest BCUT2D eigenvalue weighted by Crippen LogP contribution is -2.30. The molecule has 2 aromatic rings. The highest BCUT2D eigenvalue weighted by Crippen LogP contribution is 2.29. The first kappa shape index (κ1) is 18.8. The number of hydrogen-bond acceptors (Lipinski definition) is 5. The second kappa shape index (κ2) is 8.12. The fraction of sp³-hybridized carbons (Fsp3) is 0.333. The van der Waals surface area contributed by atoms with Crippen LogP contribution in [-0.2, 0) is 22.4 Å². The first-order chi connectivity index (χ1) is 13.0. The summed E-state index contributed by atoms with van der Waals surface area (Å²) in [6, 6.07) is 10.9. The number of hydrogen-bond donors (Lipinski definition) is 1. The van der Waals surface area contributed by atoms with Gasteiger partial charge in [-0.15, -0.1) is 0 Å². The van der Waals surface area contributed by atoms with Crippen LogP contribution < -0.4 is 14.8 Å². The zero-order valence-electron chi connectivity index (χ0n) is 15.7. The second-order valence-electron chi connectivity index (χ2n) is 6.41. The topological polar surface area (TPSA) is 73.9 Å². The van der Waals surface area contributed by atoms with E-state index in [2.05, 4.69) is 5.32 Å². The van der Waals surface area contributed by atoms with Gasteiger partial charge in [-0.3, -0.25) is 4.79 Å². The Hall–Kier alpha value is -3.02. The van der Waals surface area contributed by atoms with Crippen molar-refractivity contribution in [3.8, 4) is 11.5 Å². The molecule has 0 saturated carbocycles. The lowest BCUT2D eigenvalue weighted by atomic mass is 10.1. The Balaban J connectivity index is 1.69. The minimum atomic E-state index is -0.972. The van der Waals surface area contributed by atoms with Crippen molar-refractivity contribution in [2.45, 2.75) is 32.3 Å². The summed E-state index contributed by atoms with van der Waals surface area (Å²) < 4.78 is 15.8. The molecule has 0 fully saturated rings. The van der Waals surface area contributed by atoms with Crippen molar-refractivity contribution in [3.05, 3.63) is 53.1 Å². The largest absolute Gasteiger partial charge is 0.496 e. The van der Waals surface area contributed by atoms with Gasteiger partial charge in [0.15, 0.2) is 6.10 Å². The summed E-state index contributed by atoms with van der Waals surface area (Å²) in [5.74, 6) is -0.424. The van der Waals surface area contributed by atoms with E-state index in [4.69, 9.17) is 14.2 Å². The average Bonchev–Trinajstić information content (AvgIpc) is 3.14. The first-order valence-corrected chi connectivity index (χ1v) is 8.88. The number of ether oxygens (including phenoxy) is 3. The Morgan fingerprint density at radius 3 is 2.33 bits per heavy atom. The zero-order chi connectivity index (χ0) is 19.4. The average molecular weight is 369 g/mol. The summed E-state index contributed by atoms with van der Waals surface area (Å²) in [6.07, 6.45) is 2.28. The number of rotatable bonds is 6. The van der Waals surface area contributed by atoms with Gasteiger partial charge >= 0.3 is 5.97 Å². The van der Waals surface area contributed by atoms with E-state index in [0.717, 1.165) is 19.3 Å². The summed E-state index contributed by atoms with van der Waals surface area (Å²) in [4.78, 5) is 25.0. The van der Waals surface area contributed by atoms with Crippen molar-refractivity contribution in [2.75, 3.05) is 19.5 Å². The summed E-state index contributed by atoms with van der Waals surface area (Å²) in [5, 5.41) is 2.81. The van der Waals surface area contributed by atoms with Crippen LogP contribution in [0, 0.1) is 0 Å². The fourth-order valence-electron chi connectivity index (χ4n) is 3.22. The molecule has 0 saturated heterocycles. The molecule has 142 valence electrons. The van der Waals surface area contributed by atoms with Crippen molar-refractivity contribution in [2.24, 2.45) is 0 Å². The van der Waals surface area contributed by atoms with E-state index in [-0.39, 0.29) is 5.56 Å². The predicted octanol–water partition coefficient (Wildman–Crippen LogP) is 3.38. The molecule has 27 heavy (non-hydrogen) atoms. The molecule has 0 heterocycles. The number of methoxy groups -OCH3 is 2. The van der Waals surface area contributed by atoms with E-state index in [9.17, 15) is 9.59 Å². The van der Waals surface area contributed by atoms with Crippen LogP contribution in [-0.4, -0.2) is 32.2 Å². The van der Waals surface area contributed by atoms with Crippen molar-refractivity contribution in [1.82, 2.24) is 0 Å². The van der Waals surface area contributed by atoms with E-state index >= 15 is 0 Å². The van der Waals surface area contributed by atoms with E-state index in [1.165, 1.54) is 32.3 Å². The minimum absolute atomic E-state index is 0.152. The molecule has 3 rings (SSSR count). The Bertz CT molecular complexity index is 839. The van der Waals surface area contributed by atoms with E-state index < -0.39 is 18.0 Å². The van der Waals surface area contributed by atoms with Gasteiger partial charge in [0.25, 0.3) is 5.91 Å². The molecular weight excluding hydrogens is 346 g/mol. The number of amides is 1. The second-order valence-corrected chi connectivity index (χ2v) is 6.41. The highest BCUT2D eigenvalue weighted by atomic mass is 16.6. The fourth-order valence-corrected chi connectivity index (χ4v) is 3.22. The Morgan fingerprint density at radius 1 is 1.00 bits per heavy atom. The Kier molecular flexibility index (Phi) is 5.64. The third kappa shape index (κ3) is 4.05. The number of benzene rings is 2. The van der Waals surface area contributed by atoms with Gasteiger partial charge in [0.2, 0.25) is 0 Å². The number of nitrogens with one attached hydrogen (secondary N) is 1. The van der Waals surface area contributed by atoms with E-state index in [1.54, 1.807) is 18.2 Å². The molecule has 0 radical (unpaired) electrons. The van der Waals surface area contributed by atoms with Gasteiger partial charge in [-0.1, -0.05) is 12.1 Å². The monoisotopic (exact) mass is 369 g/mol.